The molecule has 0 N–H and O–H groups in total. The van der Waals surface area contributed by atoms with Crippen LogP contribution < -0.4 is 0 Å². The monoisotopic (exact) mass is 306 g/mol. The largest absolute Gasteiger partial charge is 0.400 e. The maximum Gasteiger partial charge on any atom is 0.400 e. The average Bonchev–Trinajstić information content (AvgIpc) is 2.37. The Morgan fingerprint density at radius 3 is 2.00 bits per heavy atom. The van der Waals surface area contributed by atoms with Gasteiger partial charge in [-0.1, -0.05) is 44.2 Å². The molecule has 19 heavy (non-hydrogen) atoms. The van der Waals surface area contributed by atoms with E-state index in [-0.39, 0.29) is 16.5 Å². The molecule has 1 aromatic rings. The second kappa shape index (κ2) is 7.95. The van der Waals surface area contributed by atoms with E-state index in [2.05, 4.69) is 4.18 Å². The van der Waals surface area contributed by atoms with Crippen LogP contribution in [-0.4, -0.2) is 15.0 Å². The zero-order chi connectivity index (χ0) is 13.6. The number of rotatable bonds is 7. The van der Waals surface area contributed by atoms with E-state index in [1.54, 1.807) is 6.92 Å². The predicted molar refractivity (Wildman–Crippen MR) is 81.4 cm³/mol. The molecule has 0 radical (unpaired) electrons. The standard InChI is InChI=1S/C13H20O4S.H3P/c1-4-13(5-2,12-10-8-7-9-11-12)17-18(14,15)16-6-3;/h7-11H,4-6H2,1-3H3;1H3. The fourth-order valence-corrected chi connectivity index (χ4v) is 2.99. The van der Waals surface area contributed by atoms with E-state index in [9.17, 15) is 8.42 Å². The minimum absolute atomic E-state index is 0. The molecule has 0 spiro atoms. The van der Waals surface area contributed by atoms with E-state index >= 15 is 0 Å². The predicted octanol–water partition coefficient (Wildman–Crippen LogP) is 3.06. The van der Waals surface area contributed by atoms with Crippen LogP contribution in [0, 0.1) is 0 Å². The molecule has 0 heterocycles. The summed E-state index contributed by atoms with van der Waals surface area (Å²) in [7, 11) is -3.96. The number of hydrogen-bond donors (Lipinski definition) is 0. The highest BCUT2D eigenvalue weighted by Crippen LogP contribution is 2.34. The summed E-state index contributed by atoms with van der Waals surface area (Å²) in [6.07, 6.45) is 1.11. The van der Waals surface area contributed by atoms with Crippen molar-refractivity contribution in [2.24, 2.45) is 0 Å². The number of benzene rings is 1. The molecule has 0 saturated heterocycles. The highest BCUT2D eigenvalue weighted by Gasteiger charge is 2.35. The molecule has 0 aromatic heterocycles. The van der Waals surface area contributed by atoms with E-state index in [1.807, 2.05) is 44.2 Å². The molecule has 6 heteroatoms. The van der Waals surface area contributed by atoms with Crippen molar-refractivity contribution in [3.63, 3.8) is 0 Å². The Morgan fingerprint density at radius 1 is 1.05 bits per heavy atom. The van der Waals surface area contributed by atoms with Gasteiger partial charge in [0.25, 0.3) is 0 Å². The van der Waals surface area contributed by atoms with Crippen molar-refractivity contribution in [2.45, 2.75) is 39.2 Å². The Bertz CT molecular complexity index is 455. The Morgan fingerprint density at radius 2 is 1.58 bits per heavy atom. The van der Waals surface area contributed by atoms with Gasteiger partial charge in [0, 0.05) is 0 Å². The van der Waals surface area contributed by atoms with Gasteiger partial charge in [-0.15, -0.1) is 0 Å². The molecule has 1 rings (SSSR count). The van der Waals surface area contributed by atoms with Crippen LogP contribution in [0.5, 0.6) is 0 Å². The van der Waals surface area contributed by atoms with Gasteiger partial charge in [-0.2, -0.15) is 18.3 Å². The fourth-order valence-electron chi connectivity index (χ4n) is 1.93. The van der Waals surface area contributed by atoms with Crippen molar-refractivity contribution >= 4 is 20.3 Å². The molecule has 0 aliphatic rings. The van der Waals surface area contributed by atoms with Crippen LogP contribution in [0.25, 0.3) is 0 Å². The lowest BCUT2D eigenvalue weighted by molar-refractivity contribution is 0.0433. The van der Waals surface area contributed by atoms with Crippen LogP contribution in [0.15, 0.2) is 30.3 Å². The van der Waals surface area contributed by atoms with E-state index in [4.69, 9.17) is 4.18 Å². The molecule has 1 unspecified atom stereocenters. The van der Waals surface area contributed by atoms with Gasteiger partial charge in [-0.3, -0.25) is 0 Å². The minimum Gasteiger partial charge on any atom is -0.248 e. The summed E-state index contributed by atoms with van der Waals surface area (Å²) in [5.41, 5.74) is -0.00629. The lowest BCUT2D eigenvalue weighted by Crippen LogP contribution is -2.32. The van der Waals surface area contributed by atoms with Gasteiger partial charge in [0.05, 0.1) is 6.61 Å². The molecule has 1 atom stereocenters. The molecule has 0 amide bonds. The maximum atomic E-state index is 11.7. The molecule has 1 aromatic carbocycles. The fraction of sp³-hybridized carbons (Fsp3) is 0.538. The first-order valence-electron chi connectivity index (χ1n) is 6.15. The van der Waals surface area contributed by atoms with Crippen molar-refractivity contribution in [1.29, 1.82) is 0 Å². The van der Waals surface area contributed by atoms with Crippen LogP contribution in [0.4, 0.5) is 0 Å². The average molecular weight is 306 g/mol. The zero-order valence-corrected chi connectivity index (χ0v) is 14.0. The van der Waals surface area contributed by atoms with Gasteiger partial charge in [0.1, 0.15) is 5.60 Å². The lowest BCUT2D eigenvalue weighted by atomic mass is 9.89. The Hall–Kier alpha value is -0.480. The summed E-state index contributed by atoms with van der Waals surface area (Å²) in [5.74, 6) is 0. The third-order valence-electron chi connectivity index (χ3n) is 2.97. The normalized spacial score (nSPS) is 11.9. The quantitative estimate of drug-likeness (QED) is 0.727. The summed E-state index contributed by atoms with van der Waals surface area (Å²) in [5, 5.41) is 0. The van der Waals surface area contributed by atoms with E-state index in [0.717, 1.165) is 5.56 Å². The molecule has 110 valence electrons. The van der Waals surface area contributed by atoms with Gasteiger partial charge in [0.15, 0.2) is 0 Å². The van der Waals surface area contributed by atoms with Crippen LogP contribution in [0.1, 0.15) is 39.2 Å². The Balaban J connectivity index is 0.00000324. The molecular weight excluding hydrogens is 283 g/mol. The van der Waals surface area contributed by atoms with Gasteiger partial charge in [-0.25, -0.2) is 8.37 Å². The first kappa shape index (κ1) is 18.5. The topological polar surface area (TPSA) is 52.6 Å². The van der Waals surface area contributed by atoms with E-state index in [1.165, 1.54) is 0 Å². The third kappa shape index (κ3) is 4.84. The second-order valence-corrected chi connectivity index (χ2v) is 5.18. The summed E-state index contributed by atoms with van der Waals surface area (Å²) in [6, 6.07) is 9.36. The third-order valence-corrected chi connectivity index (χ3v) is 4.01. The van der Waals surface area contributed by atoms with Crippen LogP contribution in [0.3, 0.4) is 0 Å². The maximum absolute atomic E-state index is 11.7. The number of hydrogen-bond acceptors (Lipinski definition) is 4. The zero-order valence-electron chi connectivity index (χ0n) is 11.8. The highest BCUT2D eigenvalue weighted by atomic mass is 32.3. The van der Waals surface area contributed by atoms with Gasteiger partial charge in [0.2, 0.25) is 0 Å². The first-order chi connectivity index (χ1) is 8.49. The molecule has 0 aliphatic carbocycles. The highest BCUT2D eigenvalue weighted by molar-refractivity contribution is 7.81. The lowest BCUT2D eigenvalue weighted by Gasteiger charge is -2.30. The SMILES string of the molecule is CCOS(=O)(=O)OC(CC)(CC)c1ccccc1.P. The summed E-state index contributed by atoms with van der Waals surface area (Å²) >= 11 is 0. The van der Waals surface area contributed by atoms with Crippen molar-refractivity contribution in [3.8, 4) is 0 Å². The first-order valence-corrected chi connectivity index (χ1v) is 7.48. The van der Waals surface area contributed by atoms with Crippen molar-refractivity contribution in [1.82, 2.24) is 0 Å². The smallest absolute Gasteiger partial charge is 0.248 e. The van der Waals surface area contributed by atoms with Crippen LogP contribution >= 0.6 is 9.90 Å². The Labute approximate surface area is 119 Å². The second-order valence-electron chi connectivity index (χ2n) is 3.97. The molecular formula is C13H23O4PS. The molecule has 0 saturated carbocycles. The molecule has 0 aliphatic heterocycles. The minimum atomic E-state index is -3.96. The summed E-state index contributed by atoms with van der Waals surface area (Å²) < 4.78 is 33.3. The molecule has 0 bridgehead atoms. The summed E-state index contributed by atoms with van der Waals surface area (Å²) in [4.78, 5) is 0. The Kier molecular flexibility index (Phi) is 7.75. The summed E-state index contributed by atoms with van der Waals surface area (Å²) in [6.45, 7) is 5.49. The van der Waals surface area contributed by atoms with E-state index < -0.39 is 16.0 Å². The molecule has 4 nitrogen and oxygen atoms in total. The van der Waals surface area contributed by atoms with Crippen molar-refractivity contribution in [2.75, 3.05) is 6.61 Å². The van der Waals surface area contributed by atoms with Crippen molar-refractivity contribution in [3.05, 3.63) is 35.9 Å². The van der Waals surface area contributed by atoms with E-state index in [0.29, 0.717) is 12.8 Å². The molecule has 0 fully saturated rings. The van der Waals surface area contributed by atoms with Crippen LogP contribution in [0.2, 0.25) is 0 Å². The van der Waals surface area contributed by atoms with Gasteiger partial charge in [-0.05, 0) is 25.3 Å². The van der Waals surface area contributed by atoms with Gasteiger partial charge < -0.3 is 0 Å². The van der Waals surface area contributed by atoms with Crippen molar-refractivity contribution < 1.29 is 16.8 Å². The van der Waals surface area contributed by atoms with Gasteiger partial charge >= 0.3 is 10.4 Å². The van der Waals surface area contributed by atoms with Crippen LogP contribution in [-0.2, 0) is 24.4 Å².